The molecule has 11 heteroatoms. The Hall–Kier alpha value is -1.18. The number of aliphatic hydroxyl groups is 5. The smallest absolute Gasteiger partial charge is 0.245 e. The molecule has 0 saturated carbocycles. The Kier molecular flexibility index (Phi) is 15.1. The first-order valence-electron chi connectivity index (χ1n) is 8.62. The van der Waals surface area contributed by atoms with Gasteiger partial charge in [0.25, 0.3) is 0 Å². The summed E-state index contributed by atoms with van der Waals surface area (Å²) in [6.07, 6.45) is -7.31. The lowest BCUT2D eigenvalue weighted by molar-refractivity contribution is -0.147. The van der Waals surface area contributed by atoms with Gasteiger partial charge in [-0.2, -0.15) is 0 Å². The number of nitrogens with one attached hydrogen (secondary N) is 1. The molecule has 0 aromatic carbocycles. The van der Waals surface area contributed by atoms with E-state index in [1.807, 2.05) is 0 Å². The fourth-order valence-corrected chi connectivity index (χ4v) is 1.93. The Bertz CT molecular complexity index is 409. The van der Waals surface area contributed by atoms with Gasteiger partial charge in [0, 0.05) is 20.1 Å². The molecule has 0 saturated heterocycles. The molecule has 160 valence electrons. The molecule has 0 aromatic rings. The zero-order valence-electron chi connectivity index (χ0n) is 15.5. The van der Waals surface area contributed by atoms with Crippen LogP contribution in [0, 0.1) is 0 Å². The number of carbonyl (C=O) groups is 2. The second-order valence-electron chi connectivity index (χ2n) is 5.75. The molecule has 0 spiro atoms. The standard InChI is InChI=1S/C16H31NO10/c1-25-5-6-26-7-8-27-10-13(21)17-4-2-3-11(19)14(22)16(24)15(23)12(20)9-18/h12,14-16,18,20,22-24H,2-10H2,1H3,(H,17,21). The normalized spacial score (nSPS) is 15.8. The molecule has 0 aromatic heterocycles. The van der Waals surface area contributed by atoms with Crippen molar-refractivity contribution < 1.29 is 49.3 Å². The van der Waals surface area contributed by atoms with Crippen molar-refractivity contribution in [3.63, 3.8) is 0 Å². The summed E-state index contributed by atoms with van der Waals surface area (Å²) in [6, 6.07) is 0. The van der Waals surface area contributed by atoms with E-state index in [0.29, 0.717) is 19.8 Å². The molecule has 11 nitrogen and oxygen atoms in total. The zero-order valence-corrected chi connectivity index (χ0v) is 15.5. The van der Waals surface area contributed by atoms with Gasteiger partial charge in [0.15, 0.2) is 5.78 Å². The molecule has 0 fully saturated rings. The van der Waals surface area contributed by atoms with Crippen LogP contribution in [0.25, 0.3) is 0 Å². The Morgan fingerprint density at radius 2 is 1.59 bits per heavy atom. The maximum Gasteiger partial charge on any atom is 0.245 e. The van der Waals surface area contributed by atoms with E-state index < -0.39 is 36.8 Å². The van der Waals surface area contributed by atoms with Gasteiger partial charge in [0.2, 0.25) is 5.91 Å². The van der Waals surface area contributed by atoms with Gasteiger partial charge in [-0.15, -0.1) is 0 Å². The van der Waals surface area contributed by atoms with E-state index in [4.69, 9.17) is 19.3 Å². The summed E-state index contributed by atoms with van der Waals surface area (Å²) in [7, 11) is 1.56. The van der Waals surface area contributed by atoms with E-state index in [1.54, 1.807) is 7.11 Å². The number of amides is 1. The van der Waals surface area contributed by atoms with Crippen molar-refractivity contribution >= 4 is 11.7 Å². The van der Waals surface area contributed by atoms with Gasteiger partial charge < -0.3 is 45.1 Å². The third-order valence-electron chi connectivity index (χ3n) is 3.54. The van der Waals surface area contributed by atoms with Crippen molar-refractivity contribution in [2.24, 2.45) is 0 Å². The molecule has 1 amide bonds. The second-order valence-corrected chi connectivity index (χ2v) is 5.75. The number of ketones is 1. The number of methoxy groups -OCH3 is 1. The summed E-state index contributed by atoms with van der Waals surface area (Å²) in [5.74, 6) is -1.13. The van der Waals surface area contributed by atoms with Crippen molar-refractivity contribution in [3.05, 3.63) is 0 Å². The molecule has 0 radical (unpaired) electrons. The topological polar surface area (TPSA) is 175 Å². The molecule has 6 N–H and O–H groups in total. The summed E-state index contributed by atoms with van der Waals surface area (Å²) in [5, 5.41) is 49.1. The van der Waals surface area contributed by atoms with Crippen molar-refractivity contribution in [3.8, 4) is 0 Å². The van der Waals surface area contributed by atoms with E-state index in [-0.39, 0.29) is 38.5 Å². The van der Waals surface area contributed by atoms with E-state index in [1.165, 1.54) is 0 Å². The molecule has 0 aliphatic heterocycles. The predicted molar refractivity (Wildman–Crippen MR) is 91.9 cm³/mol. The monoisotopic (exact) mass is 397 g/mol. The van der Waals surface area contributed by atoms with Gasteiger partial charge >= 0.3 is 0 Å². The highest BCUT2D eigenvalue weighted by molar-refractivity contribution is 5.83. The fraction of sp³-hybridized carbons (Fsp3) is 0.875. The maximum atomic E-state index is 11.7. The fourth-order valence-electron chi connectivity index (χ4n) is 1.93. The molecular weight excluding hydrogens is 366 g/mol. The molecule has 0 rings (SSSR count). The molecule has 0 aliphatic carbocycles. The second kappa shape index (κ2) is 15.8. The van der Waals surface area contributed by atoms with Crippen LogP contribution in [0.1, 0.15) is 12.8 Å². The van der Waals surface area contributed by atoms with Crippen LogP contribution < -0.4 is 5.32 Å². The van der Waals surface area contributed by atoms with Crippen LogP contribution in [0.4, 0.5) is 0 Å². The average Bonchev–Trinajstić information content (AvgIpc) is 2.67. The first-order valence-corrected chi connectivity index (χ1v) is 8.62. The Balaban J connectivity index is 3.81. The average molecular weight is 397 g/mol. The lowest BCUT2D eigenvalue weighted by Gasteiger charge is -2.24. The summed E-state index contributed by atoms with van der Waals surface area (Å²) < 4.78 is 15.0. The Morgan fingerprint density at radius 3 is 2.22 bits per heavy atom. The molecule has 0 heterocycles. The van der Waals surface area contributed by atoms with Crippen LogP contribution in [-0.2, 0) is 23.8 Å². The van der Waals surface area contributed by atoms with Gasteiger partial charge in [-0.3, -0.25) is 9.59 Å². The minimum atomic E-state index is -1.92. The summed E-state index contributed by atoms with van der Waals surface area (Å²) >= 11 is 0. The summed E-state index contributed by atoms with van der Waals surface area (Å²) in [4.78, 5) is 23.2. The Morgan fingerprint density at radius 1 is 0.963 bits per heavy atom. The number of carbonyl (C=O) groups excluding carboxylic acids is 2. The summed E-state index contributed by atoms with van der Waals surface area (Å²) in [5.41, 5.74) is 0. The number of aliphatic hydroxyl groups excluding tert-OH is 5. The Labute approximate surface area is 157 Å². The van der Waals surface area contributed by atoms with Gasteiger partial charge in [-0.1, -0.05) is 0 Å². The van der Waals surface area contributed by atoms with Crippen LogP contribution in [0.5, 0.6) is 0 Å². The van der Waals surface area contributed by atoms with Crippen molar-refractivity contribution in [2.45, 2.75) is 37.3 Å². The van der Waals surface area contributed by atoms with Crippen LogP contribution in [0.15, 0.2) is 0 Å². The number of rotatable bonds is 17. The van der Waals surface area contributed by atoms with Crippen molar-refractivity contribution in [2.75, 3.05) is 53.3 Å². The van der Waals surface area contributed by atoms with Gasteiger partial charge in [-0.25, -0.2) is 0 Å². The van der Waals surface area contributed by atoms with Crippen molar-refractivity contribution in [1.82, 2.24) is 5.32 Å². The largest absolute Gasteiger partial charge is 0.394 e. The SMILES string of the molecule is COCCOCCOCC(=O)NCCCC(=O)C(O)C(O)C(O)C(O)CO. The number of hydrogen-bond donors (Lipinski definition) is 6. The van der Waals surface area contributed by atoms with E-state index in [9.17, 15) is 30.0 Å². The lowest BCUT2D eigenvalue weighted by atomic mass is 9.98. The lowest BCUT2D eigenvalue weighted by Crippen LogP contribution is -2.48. The zero-order chi connectivity index (χ0) is 20.7. The van der Waals surface area contributed by atoms with E-state index in [0.717, 1.165) is 0 Å². The third-order valence-corrected chi connectivity index (χ3v) is 3.54. The van der Waals surface area contributed by atoms with Gasteiger partial charge in [-0.05, 0) is 6.42 Å². The highest BCUT2D eigenvalue weighted by Crippen LogP contribution is 2.08. The van der Waals surface area contributed by atoms with Gasteiger partial charge in [0.05, 0.1) is 33.0 Å². The van der Waals surface area contributed by atoms with Gasteiger partial charge in [0.1, 0.15) is 31.0 Å². The molecule has 0 bridgehead atoms. The highest BCUT2D eigenvalue weighted by atomic mass is 16.5. The number of Topliss-reactive ketones (excluding diaryl/α,β-unsaturated/α-hetero) is 1. The first kappa shape index (κ1) is 25.8. The number of ether oxygens (including phenoxy) is 3. The molecule has 0 aliphatic rings. The molecular formula is C16H31NO10. The minimum Gasteiger partial charge on any atom is -0.394 e. The highest BCUT2D eigenvalue weighted by Gasteiger charge is 2.33. The van der Waals surface area contributed by atoms with E-state index >= 15 is 0 Å². The quantitative estimate of drug-likeness (QED) is 0.135. The number of hydrogen-bond acceptors (Lipinski definition) is 10. The molecule has 4 unspecified atom stereocenters. The van der Waals surface area contributed by atoms with Crippen molar-refractivity contribution in [1.29, 1.82) is 0 Å². The molecule has 27 heavy (non-hydrogen) atoms. The van der Waals surface area contributed by atoms with Crippen LogP contribution in [0.2, 0.25) is 0 Å². The van der Waals surface area contributed by atoms with E-state index in [2.05, 4.69) is 5.32 Å². The first-order chi connectivity index (χ1) is 12.8. The summed E-state index contributed by atoms with van der Waals surface area (Å²) in [6.45, 7) is 0.677. The predicted octanol–water partition coefficient (Wildman–Crippen LogP) is -3.43. The maximum absolute atomic E-state index is 11.7. The minimum absolute atomic E-state index is 0.156. The van der Waals surface area contributed by atoms with Crippen LogP contribution >= 0.6 is 0 Å². The molecule has 4 atom stereocenters. The van der Waals surface area contributed by atoms with Crippen LogP contribution in [-0.4, -0.2) is 115 Å². The van der Waals surface area contributed by atoms with Crippen LogP contribution in [0.3, 0.4) is 0 Å². The third kappa shape index (κ3) is 12.0.